The van der Waals surface area contributed by atoms with Gasteiger partial charge >= 0.3 is 17.8 Å². The molecule has 9 heteroatoms. The SMILES string of the molecule is O=C(NCCO)C(=O)N1CC=C(c2ccc(NC(=O)N3Cc4ccc(F)cc4C3)cc2)CC1. The molecule has 0 saturated carbocycles. The van der Waals surface area contributed by atoms with Crippen molar-refractivity contribution < 1.29 is 23.9 Å². The number of carbonyl (C=O) groups is 3. The minimum Gasteiger partial charge on any atom is -0.395 e. The number of fused-ring (bicyclic) bond motifs is 1. The summed E-state index contributed by atoms with van der Waals surface area (Å²) in [7, 11) is 0. The van der Waals surface area contributed by atoms with Crippen LogP contribution in [0.25, 0.3) is 5.57 Å². The summed E-state index contributed by atoms with van der Waals surface area (Å²) in [5.41, 5.74) is 4.46. The normalized spacial score (nSPS) is 15.0. The minimum absolute atomic E-state index is 0.0473. The van der Waals surface area contributed by atoms with Crippen LogP contribution in [0.3, 0.4) is 0 Å². The zero-order valence-electron chi connectivity index (χ0n) is 18.0. The monoisotopic (exact) mass is 452 g/mol. The Labute approximate surface area is 190 Å². The molecule has 0 fully saturated rings. The molecule has 33 heavy (non-hydrogen) atoms. The van der Waals surface area contributed by atoms with Gasteiger partial charge in [0.2, 0.25) is 0 Å². The Kier molecular flexibility index (Phi) is 6.69. The van der Waals surface area contributed by atoms with Crippen LogP contribution in [0.1, 0.15) is 23.1 Å². The number of hydrogen-bond donors (Lipinski definition) is 3. The fraction of sp³-hybridized carbons (Fsp3) is 0.292. The van der Waals surface area contributed by atoms with Gasteiger partial charge in [-0.05, 0) is 52.9 Å². The first kappa shape index (κ1) is 22.5. The van der Waals surface area contributed by atoms with E-state index in [-0.39, 0.29) is 25.0 Å². The van der Waals surface area contributed by atoms with Crippen LogP contribution < -0.4 is 10.6 Å². The van der Waals surface area contributed by atoms with E-state index in [4.69, 9.17) is 5.11 Å². The lowest BCUT2D eigenvalue weighted by molar-refractivity contribution is -0.145. The third-order valence-electron chi connectivity index (χ3n) is 5.77. The van der Waals surface area contributed by atoms with Crippen molar-refractivity contribution >= 4 is 29.1 Å². The lowest BCUT2D eigenvalue weighted by atomic mass is 9.99. The van der Waals surface area contributed by atoms with Gasteiger partial charge < -0.3 is 25.5 Å². The maximum atomic E-state index is 13.4. The third kappa shape index (κ3) is 5.20. The molecule has 4 rings (SSSR count). The van der Waals surface area contributed by atoms with Crippen LogP contribution >= 0.6 is 0 Å². The van der Waals surface area contributed by atoms with Crippen molar-refractivity contribution in [2.24, 2.45) is 0 Å². The van der Waals surface area contributed by atoms with E-state index in [2.05, 4.69) is 10.6 Å². The van der Waals surface area contributed by atoms with Crippen molar-refractivity contribution in [3.05, 3.63) is 71.0 Å². The third-order valence-corrected chi connectivity index (χ3v) is 5.77. The van der Waals surface area contributed by atoms with Gasteiger partial charge in [0.15, 0.2) is 0 Å². The number of amides is 4. The number of anilines is 1. The topological polar surface area (TPSA) is 102 Å². The quantitative estimate of drug-likeness (QED) is 0.619. The maximum absolute atomic E-state index is 13.4. The predicted octanol–water partition coefficient (Wildman–Crippen LogP) is 2.10. The molecule has 2 aliphatic rings. The highest BCUT2D eigenvalue weighted by atomic mass is 19.1. The van der Waals surface area contributed by atoms with Gasteiger partial charge in [-0.25, -0.2) is 9.18 Å². The first-order valence-electron chi connectivity index (χ1n) is 10.8. The van der Waals surface area contributed by atoms with Crippen molar-refractivity contribution in [1.82, 2.24) is 15.1 Å². The second kappa shape index (κ2) is 9.83. The number of rotatable bonds is 4. The van der Waals surface area contributed by atoms with Gasteiger partial charge in [-0.1, -0.05) is 24.3 Å². The molecule has 2 aliphatic heterocycles. The lowest BCUT2D eigenvalue weighted by Gasteiger charge is -2.26. The molecule has 2 aromatic rings. The Bertz CT molecular complexity index is 1100. The zero-order chi connectivity index (χ0) is 23.4. The number of nitrogens with zero attached hydrogens (tertiary/aromatic N) is 2. The molecule has 0 bridgehead atoms. The number of aliphatic hydroxyl groups excluding tert-OH is 1. The Balaban J connectivity index is 1.31. The predicted molar refractivity (Wildman–Crippen MR) is 120 cm³/mol. The molecule has 0 aromatic heterocycles. The molecule has 8 nitrogen and oxygen atoms in total. The fourth-order valence-electron chi connectivity index (χ4n) is 3.98. The van der Waals surface area contributed by atoms with E-state index in [9.17, 15) is 18.8 Å². The molecule has 2 aromatic carbocycles. The van der Waals surface area contributed by atoms with Gasteiger partial charge in [0.25, 0.3) is 0 Å². The molecule has 172 valence electrons. The van der Waals surface area contributed by atoms with E-state index in [1.165, 1.54) is 17.0 Å². The molecule has 3 N–H and O–H groups in total. The van der Waals surface area contributed by atoms with E-state index in [1.807, 2.05) is 30.3 Å². The standard InChI is InChI=1S/C24H25FN4O4/c25-20-4-1-18-14-29(15-19(18)13-20)24(33)27-21-5-2-16(3-6-21)17-7-10-28(11-8-17)23(32)22(31)26-9-12-30/h1-7,13,30H,8-12,14-15H2,(H,26,31)(H,27,33). The van der Waals surface area contributed by atoms with Gasteiger partial charge in [-0.2, -0.15) is 0 Å². The highest BCUT2D eigenvalue weighted by Crippen LogP contribution is 2.26. The van der Waals surface area contributed by atoms with Crippen molar-refractivity contribution in [2.45, 2.75) is 19.5 Å². The largest absolute Gasteiger partial charge is 0.395 e. The van der Waals surface area contributed by atoms with E-state index in [1.54, 1.807) is 11.0 Å². The van der Waals surface area contributed by atoms with E-state index in [0.29, 0.717) is 38.3 Å². The summed E-state index contributed by atoms with van der Waals surface area (Å²) in [5.74, 6) is -1.63. The van der Waals surface area contributed by atoms with Crippen molar-refractivity contribution in [2.75, 3.05) is 31.6 Å². The van der Waals surface area contributed by atoms with E-state index < -0.39 is 11.8 Å². The highest BCUT2D eigenvalue weighted by Gasteiger charge is 2.25. The smallest absolute Gasteiger partial charge is 0.322 e. The molecule has 0 radical (unpaired) electrons. The molecule has 0 atom stereocenters. The number of benzene rings is 2. The number of hydrogen-bond acceptors (Lipinski definition) is 4. The number of carbonyl (C=O) groups excluding carboxylic acids is 3. The Morgan fingerprint density at radius 3 is 2.45 bits per heavy atom. The fourth-order valence-corrected chi connectivity index (χ4v) is 3.98. The van der Waals surface area contributed by atoms with Crippen molar-refractivity contribution in [3.63, 3.8) is 0 Å². The Morgan fingerprint density at radius 1 is 1.00 bits per heavy atom. The van der Waals surface area contributed by atoms with Crippen LogP contribution in [0.2, 0.25) is 0 Å². The van der Waals surface area contributed by atoms with Crippen LogP contribution in [0, 0.1) is 5.82 Å². The van der Waals surface area contributed by atoms with Gasteiger partial charge in [-0.3, -0.25) is 9.59 Å². The van der Waals surface area contributed by atoms with Crippen LogP contribution in [-0.4, -0.2) is 59.0 Å². The summed E-state index contributed by atoms with van der Waals surface area (Å²) in [6.07, 6.45) is 2.52. The number of aliphatic hydroxyl groups is 1. The average Bonchev–Trinajstić information content (AvgIpc) is 3.26. The Hall–Kier alpha value is -3.72. The van der Waals surface area contributed by atoms with Crippen LogP contribution in [0.15, 0.2) is 48.5 Å². The molecule has 0 spiro atoms. The first-order valence-corrected chi connectivity index (χ1v) is 10.8. The maximum Gasteiger partial charge on any atom is 0.322 e. The summed E-state index contributed by atoms with van der Waals surface area (Å²) in [6, 6.07) is 11.8. The number of nitrogens with one attached hydrogen (secondary N) is 2. The molecule has 0 saturated heterocycles. The first-order chi connectivity index (χ1) is 15.9. The summed E-state index contributed by atoms with van der Waals surface area (Å²) in [5, 5.41) is 14.0. The van der Waals surface area contributed by atoms with Crippen LogP contribution in [0.4, 0.5) is 14.9 Å². The molecule has 4 amide bonds. The van der Waals surface area contributed by atoms with Gasteiger partial charge in [-0.15, -0.1) is 0 Å². The highest BCUT2D eigenvalue weighted by molar-refractivity contribution is 6.35. The molecular weight excluding hydrogens is 427 g/mol. The summed E-state index contributed by atoms with van der Waals surface area (Å²) >= 11 is 0. The molecule has 2 heterocycles. The summed E-state index contributed by atoms with van der Waals surface area (Å²) < 4.78 is 13.4. The van der Waals surface area contributed by atoms with Crippen LogP contribution in [-0.2, 0) is 22.7 Å². The second-order valence-electron chi connectivity index (χ2n) is 7.99. The zero-order valence-corrected chi connectivity index (χ0v) is 18.0. The van der Waals surface area contributed by atoms with Crippen LogP contribution in [0.5, 0.6) is 0 Å². The van der Waals surface area contributed by atoms with Crippen molar-refractivity contribution in [3.8, 4) is 0 Å². The number of halogens is 1. The summed E-state index contributed by atoms with van der Waals surface area (Å²) in [4.78, 5) is 39.6. The average molecular weight is 452 g/mol. The van der Waals surface area contributed by atoms with E-state index >= 15 is 0 Å². The molecule has 0 aliphatic carbocycles. The van der Waals surface area contributed by atoms with Gasteiger partial charge in [0.05, 0.1) is 6.61 Å². The minimum atomic E-state index is -0.716. The second-order valence-corrected chi connectivity index (χ2v) is 7.99. The van der Waals surface area contributed by atoms with Gasteiger partial charge in [0, 0.05) is 38.4 Å². The Morgan fingerprint density at radius 2 is 1.76 bits per heavy atom. The lowest BCUT2D eigenvalue weighted by Crippen LogP contribution is -2.45. The molecular formula is C24H25FN4O4. The van der Waals surface area contributed by atoms with E-state index in [0.717, 1.165) is 22.3 Å². The summed E-state index contributed by atoms with van der Waals surface area (Å²) in [6.45, 7) is 1.40. The molecule has 0 unspecified atom stereocenters. The van der Waals surface area contributed by atoms with Gasteiger partial charge in [0.1, 0.15) is 5.82 Å². The number of urea groups is 1. The van der Waals surface area contributed by atoms with Crippen molar-refractivity contribution in [1.29, 1.82) is 0 Å².